The number of rotatable bonds is 6. The van der Waals surface area contributed by atoms with E-state index in [4.69, 9.17) is 19.3 Å². The highest BCUT2D eigenvalue weighted by Gasteiger charge is 2.49. The molecule has 3 aliphatic heterocycles. The normalized spacial score (nSPS) is 35.4. The minimum atomic E-state index is -1.49. The van der Waals surface area contributed by atoms with Gasteiger partial charge in [0, 0.05) is 31.3 Å². The summed E-state index contributed by atoms with van der Waals surface area (Å²) < 4.78 is 18.5. The van der Waals surface area contributed by atoms with E-state index in [2.05, 4.69) is 6.08 Å². The second-order valence-electron chi connectivity index (χ2n) is 11.7. The molecule has 4 N–H and O–H groups in total. The van der Waals surface area contributed by atoms with E-state index in [0.717, 1.165) is 5.57 Å². The number of hydrogen-bond donors (Lipinski definition) is 4. The van der Waals surface area contributed by atoms with Crippen molar-refractivity contribution in [1.82, 2.24) is 0 Å². The highest BCUT2D eigenvalue weighted by Crippen LogP contribution is 2.41. The summed E-state index contributed by atoms with van der Waals surface area (Å²) in [5.41, 5.74) is 0.130. The number of fused-ring (bicyclic) bond motifs is 4. The Morgan fingerprint density at radius 2 is 1.93 bits per heavy atom. The predicted octanol–water partition coefficient (Wildman–Crippen LogP) is 3.96. The lowest BCUT2D eigenvalue weighted by molar-refractivity contribution is -0.198. The number of aliphatic hydroxyl groups excluding tert-OH is 3. The average molecular weight is 587 g/mol. The number of aliphatic hydroxyl groups is 3. The van der Waals surface area contributed by atoms with E-state index in [9.17, 15) is 24.9 Å². The van der Waals surface area contributed by atoms with E-state index in [1.807, 2.05) is 51.2 Å². The van der Waals surface area contributed by atoms with Crippen LogP contribution in [0.1, 0.15) is 59.3 Å². The molecule has 9 atom stereocenters. The molecule has 0 saturated carbocycles. The van der Waals surface area contributed by atoms with Crippen molar-refractivity contribution >= 4 is 11.9 Å². The Morgan fingerprint density at radius 3 is 2.67 bits per heavy atom. The molecule has 9 heteroatoms. The van der Waals surface area contributed by atoms with Crippen molar-refractivity contribution in [2.45, 2.75) is 102 Å². The van der Waals surface area contributed by atoms with Gasteiger partial charge in [0.2, 0.25) is 0 Å². The van der Waals surface area contributed by atoms with E-state index >= 15 is 0 Å². The number of hydrogen-bond acceptors (Lipinski definition) is 8. The van der Waals surface area contributed by atoms with Crippen molar-refractivity contribution in [1.29, 1.82) is 0 Å². The lowest BCUT2D eigenvalue weighted by Crippen LogP contribution is -2.55. The molecule has 0 amide bonds. The fourth-order valence-electron chi connectivity index (χ4n) is 5.44. The summed E-state index contributed by atoms with van der Waals surface area (Å²) in [5, 5.41) is 39.4. The van der Waals surface area contributed by atoms with Gasteiger partial charge in [-0.25, -0.2) is 9.59 Å². The molecule has 2 saturated heterocycles. The molecule has 3 heterocycles. The van der Waals surface area contributed by atoms with Crippen molar-refractivity contribution in [3.8, 4) is 0 Å². The SMILES string of the molecule is CC1=C[C@H]2O[C@@H](CC=CC=CC(=O)O[C@@H]3C[C@@H](C=CCC=C1)O[C@@H](CC=CC[C@H](O)C(=O)O)[C@]3(C)CO)C[C@H](O)[C@H]2C. The molecule has 2 fully saturated rings. The number of ether oxygens (including phenoxy) is 3. The maximum Gasteiger partial charge on any atom is 0.332 e. The molecule has 42 heavy (non-hydrogen) atoms. The molecular formula is C33H46O9. The number of carbonyl (C=O) groups excluding carboxylic acids is 1. The summed E-state index contributed by atoms with van der Waals surface area (Å²) in [7, 11) is 0. The molecule has 0 aromatic heterocycles. The molecule has 4 bridgehead atoms. The minimum Gasteiger partial charge on any atom is -0.479 e. The van der Waals surface area contributed by atoms with Crippen LogP contribution in [0.5, 0.6) is 0 Å². The third kappa shape index (κ3) is 9.61. The molecule has 3 rings (SSSR count). The highest BCUT2D eigenvalue weighted by atomic mass is 16.6. The summed E-state index contributed by atoms with van der Waals surface area (Å²) >= 11 is 0. The largest absolute Gasteiger partial charge is 0.479 e. The molecule has 3 aliphatic rings. The van der Waals surface area contributed by atoms with Gasteiger partial charge >= 0.3 is 11.9 Å². The van der Waals surface area contributed by atoms with Gasteiger partial charge in [-0.2, -0.15) is 0 Å². The average Bonchev–Trinajstić information content (AvgIpc) is 2.94. The van der Waals surface area contributed by atoms with Gasteiger partial charge in [0.25, 0.3) is 0 Å². The molecule has 0 spiro atoms. The third-order valence-electron chi connectivity index (χ3n) is 8.31. The Morgan fingerprint density at radius 1 is 1.14 bits per heavy atom. The van der Waals surface area contributed by atoms with Crippen molar-refractivity contribution < 1.29 is 44.2 Å². The van der Waals surface area contributed by atoms with Gasteiger partial charge in [-0.15, -0.1) is 0 Å². The number of carboxylic acid groups (broad SMARTS) is 1. The van der Waals surface area contributed by atoms with Crippen LogP contribution in [0.4, 0.5) is 0 Å². The second-order valence-corrected chi connectivity index (χ2v) is 11.7. The summed E-state index contributed by atoms with van der Waals surface area (Å²) in [6.07, 6.45) is 18.5. The molecule has 9 nitrogen and oxygen atoms in total. The first-order chi connectivity index (χ1) is 20.0. The van der Waals surface area contributed by atoms with Crippen LogP contribution in [0.2, 0.25) is 0 Å². The van der Waals surface area contributed by atoms with Crippen LogP contribution in [0.25, 0.3) is 0 Å². The lowest BCUT2D eigenvalue weighted by atomic mass is 9.73. The van der Waals surface area contributed by atoms with E-state index in [1.165, 1.54) is 6.08 Å². The Bertz CT molecular complexity index is 1090. The molecule has 0 unspecified atom stereocenters. The molecule has 0 aromatic carbocycles. The number of carboxylic acids is 1. The van der Waals surface area contributed by atoms with Gasteiger partial charge in [-0.05, 0) is 26.2 Å². The Kier molecular flexibility index (Phi) is 12.9. The molecule has 0 aliphatic carbocycles. The van der Waals surface area contributed by atoms with Crippen LogP contribution in [-0.4, -0.2) is 81.7 Å². The summed E-state index contributed by atoms with van der Waals surface area (Å²) in [6.45, 7) is 5.52. The monoisotopic (exact) mass is 586 g/mol. The van der Waals surface area contributed by atoms with Gasteiger partial charge in [-0.3, -0.25) is 0 Å². The zero-order valence-electron chi connectivity index (χ0n) is 24.7. The van der Waals surface area contributed by atoms with Gasteiger partial charge in [-0.1, -0.05) is 80.2 Å². The molecule has 0 radical (unpaired) electrons. The van der Waals surface area contributed by atoms with Crippen LogP contribution < -0.4 is 0 Å². The number of allylic oxidation sites excluding steroid dienone is 6. The van der Waals surface area contributed by atoms with E-state index in [-0.39, 0.29) is 37.3 Å². The number of aliphatic carboxylic acids is 1. The maximum absolute atomic E-state index is 12.8. The lowest BCUT2D eigenvalue weighted by Gasteiger charge is -2.47. The zero-order valence-corrected chi connectivity index (χ0v) is 24.7. The fraction of sp³-hybridized carbons (Fsp3) is 0.576. The van der Waals surface area contributed by atoms with E-state index in [0.29, 0.717) is 32.1 Å². The van der Waals surface area contributed by atoms with Crippen molar-refractivity contribution in [2.24, 2.45) is 11.3 Å². The van der Waals surface area contributed by atoms with Crippen LogP contribution in [0.3, 0.4) is 0 Å². The summed E-state index contributed by atoms with van der Waals surface area (Å²) in [6, 6.07) is 0. The smallest absolute Gasteiger partial charge is 0.332 e. The third-order valence-corrected chi connectivity index (χ3v) is 8.31. The van der Waals surface area contributed by atoms with E-state index < -0.39 is 41.8 Å². The van der Waals surface area contributed by atoms with Crippen molar-refractivity contribution in [2.75, 3.05) is 6.61 Å². The first-order valence-corrected chi connectivity index (χ1v) is 14.7. The summed E-state index contributed by atoms with van der Waals surface area (Å²) in [5.74, 6) is -1.86. The zero-order chi connectivity index (χ0) is 30.7. The molecule has 0 aromatic rings. The van der Waals surface area contributed by atoms with Crippen molar-refractivity contribution in [3.05, 3.63) is 72.4 Å². The molecule has 232 valence electrons. The van der Waals surface area contributed by atoms with Gasteiger partial charge in [0.05, 0.1) is 42.5 Å². The Hall–Kier alpha value is -2.82. The van der Waals surface area contributed by atoms with E-state index in [1.54, 1.807) is 24.3 Å². The van der Waals surface area contributed by atoms with Crippen LogP contribution in [0, 0.1) is 11.3 Å². The van der Waals surface area contributed by atoms with Gasteiger partial charge in [0.1, 0.15) is 6.10 Å². The van der Waals surface area contributed by atoms with Crippen LogP contribution in [0.15, 0.2) is 72.4 Å². The van der Waals surface area contributed by atoms with Gasteiger partial charge < -0.3 is 34.6 Å². The second kappa shape index (κ2) is 16.1. The maximum atomic E-state index is 12.8. The standard InChI is InChI=1S/C33H46O9/c1-22-12-6-4-7-14-25-20-30(33(3,21-34)29(41-25)16-11-10-15-26(35)32(38)39)42-31(37)17-9-5-8-13-24-19-27(36)23(2)28(18-22)40-24/h5-12,14,17-18,23-30,34-36H,4,13,15-16,19-21H2,1-3H3,(H,38,39)/t23-,24+,25-,26+,27+,28-,29+,30-,33+/m1/s1. The topological polar surface area (TPSA) is 143 Å². The minimum absolute atomic E-state index is 0.0213. The summed E-state index contributed by atoms with van der Waals surface area (Å²) in [4.78, 5) is 23.7. The predicted molar refractivity (Wildman–Crippen MR) is 158 cm³/mol. The Labute approximate surface area is 248 Å². The quantitative estimate of drug-likeness (QED) is 0.269. The van der Waals surface area contributed by atoms with Gasteiger partial charge in [0.15, 0.2) is 6.10 Å². The number of esters is 1. The van der Waals surface area contributed by atoms with Crippen LogP contribution >= 0.6 is 0 Å². The highest BCUT2D eigenvalue weighted by molar-refractivity contribution is 5.82. The Balaban J connectivity index is 1.82. The van der Waals surface area contributed by atoms with Crippen LogP contribution in [-0.2, 0) is 23.8 Å². The fourth-order valence-corrected chi connectivity index (χ4v) is 5.44. The first kappa shape index (κ1) is 33.7. The number of carbonyl (C=O) groups is 2. The first-order valence-electron chi connectivity index (χ1n) is 14.7. The van der Waals surface area contributed by atoms with Crippen molar-refractivity contribution in [3.63, 3.8) is 0 Å². The molecular weight excluding hydrogens is 540 g/mol.